The SMILES string of the molecule is CCCn1nc(-c2ccc3[nH]c(=O)oc3c2)c(C=O)c1N. The van der Waals surface area contributed by atoms with Crippen molar-refractivity contribution in [3.05, 3.63) is 34.3 Å². The average molecular weight is 286 g/mol. The molecule has 0 radical (unpaired) electrons. The molecule has 0 saturated carbocycles. The fourth-order valence-electron chi connectivity index (χ4n) is 2.29. The van der Waals surface area contributed by atoms with Gasteiger partial charge in [-0.15, -0.1) is 0 Å². The first-order valence-corrected chi connectivity index (χ1v) is 6.58. The van der Waals surface area contributed by atoms with E-state index in [1.807, 2.05) is 6.92 Å². The first kappa shape index (κ1) is 13.2. The van der Waals surface area contributed by atoms with Crippen LogP contribution < -0.4 is 11.5 Å². The van der Waals surface area contributed by atoms with Gasteiger partial charge in [0.15, 0.2) is 11.9 Å². The molecule has 3 rings (SSSR count). The topological polar surface area (TPSA) is 107 Å². The summed E-state index contributed by atoms with van der Waals surface area (Å²) in [6, 6.07) is 5.14. The Kier molecular flexibility index (Phi) is 3.09. The molecule has 0 fully saturated rings. The summed E-state index contributed by atoms with van der Waals surface area (Å²) in [5, 5.41) is 4.38. The summed E-state index contributed by atoms with van der Waals surface area (Å²) in [5.74, 6) is -0.175. The highest BCUT2D eigenvalue weighted by molar-refractivity contribution is 5.93. The van der Waals surface area contributed by atoms with E-state index in [-0.39, 0.29) is 0 Å². The Morgan fingerprint density at radius 1 is 1.48 bits per heavy atom. The van der Waals surface area contributed by atoms with Crippen LogP contribution in [0.3, 0.4) is 0 Å². The lowest BCUT2D eigenvalue weighted by atomic mass is 10.1. The molecule has 108 valence electrons. The molecule has 0 atom stereocenters. The molecule has 0 amide bonds. The van der Waals surface area contributed by atoms with Gasteiger partial charge in [-0.25, -0.2) is 9.48 Å². The number of aromatic amines is 1. The molecule has 0 spiro atoms. The van der Waals surface area contributed by atoms with E-state index in [2.05, 4.69) is 10.1 Å². The Morgan fingerprint density at radius 3 is 3.00 bits per heavy atom. The van der Waals surface area contributed by atoms with Gasteiger partial charge in [-0.1, -0.05) is 13.0 Å². The summed E-state index contributed by atoms with van der Waals surface area (Å²) >= 11 is 0. The second-order valence-corrected chi connectivity index (χ2v) is 4.71. The Balaban J connectivity index is 2.18. The molecular weight excluding hydrogens is 272 g/mol. The van der Waals surface area contributed by atoms with Crippen molar-refractivity contribution in [3.8, 4) is 11.3 Å². The fraction of sp³-hybridized carbons (Fsp3) is 0.214. The molecule has 0 aliphatic rings. The van der Waals surface area contributed by atoms with Crippen molar-refractivity contribution in [2.75, 3.05) is 5.73 Å². The number of hydrogen-bond donors (Lipinski definition) is 2. The molecule has 7 nitrogen and oxygen atoms in total. The van der Waals surface area contributed by atoms with Crippen LogP contribution in [0.25, 0.3) is 22.4 Å². The van der Waals surface area contributed by atoms with Crippen molar-refractivity contribution < 1.29 is 9.21 Å². The van der Waals surface area contributed by atoms with Crippen LogP contribution in [-0.4, -0.2) is 21.1 Å². The highest BCUT2D eigenvalue weighted by Crippen LogP contribution is 2.28. The van der Waals surface area contributed by atoms with Gasteiger partial charge in [0.25, 0.3) is 0 Å². The van der Waals surface area contributed by atoms with Crippen LogP contribution >= 0.6 is 0 Å². The lowest BCUT2D eigenvalue weighted by Crippen LogP contribution is -2.04. The number of anilines is 1. The summed E-state index contributed by atoms with van der Waals surface area (Å²) in [6.07, 6.45) is 1.55. The van der Waals surface area contributed by atoms with Crippen LogP contribution in [0.2, 0.25) is 0 Å². The van der Waals surface area contributed by atoms with Crippen LogP contribution in [0, 0.1) is 0 Å². The van der Waals surface area contributed by atoms with Gasteiger partial charge in [0.05, 0.1) is 11.1 Å². The summed E-state index contributed by atoms with van der Waals surface area (Å²) in [6.45, 7) is 2.63. The lowest BCUT2D eigenvalue weighted by Gasteiger charge is -1.99. The van der Waals surface area contributed by atoms with Gasteiger partial charge in [-0.2, -0.15) is 5.10 Å². The van der Waals surface area contributed by atoms with E-state index in [4.69, 9.17) is 10.2 Å². The summed E-state index contributed by atoms with van der Waals surface area (Å²) in [7, 11) is 0. The first-order valence-electron chi connectivity index (χ1n) is 6.58. The van der Waals surface area contributed by atoms with Crippen molar-refractivity contribution in [1.29, 1.82) is 0 Å². The molecule has 2 heterocycles. The zero-order valence-corrected chi connectivity index (χ0v) is 11.4. The maximum Gasteiger partial charge on any atom is 0.417 e. The number of nitrogens with one attached hydrogen (secondary N) is 1. The third-order valence-corrected chi connectivity index (χ3v) is 3.28. The van der Waals surface area contributed by atoms with Crippen LogP contribution in [0.4, 0.5) is 5.82 Å². The minimum atomic E-state index is -0.520. The van der Waals surface area contributed by atoms with Gasteiger partial charge in [-0.3, -0.25) is 9.78 Å². The number of aryl methyl sites for hydroxylation is 1. The Bertz CT molecular complexity index is 872. The van der Waals surface area contributed by atoms with Gasteiger partial charge in [0.1, 0.15) is 11.5 Å². The number of benzene rings is 1. The normalized spacial score (nSPS) is 11.1. The molecule has 7 heteroatoms. The number of fused-ring (bicyclic) bond motifs is 1. The van der Waals surface area contributed by atoms with E-state index in [1.165, 1.54) is 0 Å². The van der Waals surface area contributed by atoms with Crippen molar-refractivity contribution in [3.63, 3.8) is 0 Å². The zero-order valence-electron chi connectivity index (χ0n) is 11.4. The first-order chi connectivity index (χ1) is 10.1. The predicted molar refractivity (Wildman–Crippen MR) is 78.1 cm³/mol. The summed E-state index contributed by atoms with van der Waals surface area (Å²) in [5.41, 5.74) is 8.46. The van der Waals surface area contributed by atoms with E-state index >= 15 is 0 Å². The Labute approximate surface area is 119 Å². The smallest absolute Gasteiger partial charge is 0.408 e. The second-order valence-electron chi connectivity index (χ2n) is 4.71. The standard InChI is InChI=1S/C14H14N4O3/c1-2-5-18-13(15)9(7-19)12(17-18)8-3-4-10-11(6-8)21-14(20)16-10/h3-4,6-7H,2,5,15H2,1H3,(H,16,20). The molecule has 0 aliphatic carbocycles. The molecule has 0 unspecified atom stereocenters. The molecule has 21 heavy (non-hydrogen) atoms. The maximum absolute atomic E-state index is 11.3. The van der Waals surface area contributed by atoms with Gasteiger partial charge >= 0.3 is 5.76 Å². The Morgan fingerprint density at radius 2 is 2.29 bits per heavy atom. The number of nitrogens with two attached hydrogens (primary N) is 1. The number of aromatic nitrogens is 3. The molecule has 0 aliphatic heterocycles. The molecule has 3 aromatic rings. The number of carbonyl (C=O) groups excluding carboxylic acids is 1. The minimum absolute atomic E-state index is 0.345. The third kappa shape index (κ3) is 2.12. The molecule has 0 saturated heterocycles. The van der Waals surface area contributed by atoms with Gasteiger partial charge < -0.3 is 10.2 Å². The minimum Gasteiger partial charge on any atom is -0.408 e. The molecule has 0 bridgehead atoms. The van der Waals surface area contributed by atoms with Gasteiger partial charge in [0, 0.05) is 12.1 Å². The number of nitrogens with zero attached hydrogens (tertiary/aromatic N) is 2. The fourth-order valence-corrected chi connectivity index (χ4v) is 2.29. The summed E-state index contributed by atoms with van der Waals surface area (Å²) < 4.78 is 6.63. The highest BCUT2D eigenvalue weighted by Gasteiger charge is 2.17. The average Bonchev–Trinajstić information content (AvgIpc) is 2.98. The molecule has 1 aromatic carbocycles. The number of hydrogen-bond acceptors (Lipinski definition) is 5. The highest BCUT2D eigenvalue weighted by atomic mass is 16.4. The number of H-pyrrole nitrogens is 1. The number of rotatable bonds is 4. The number of aldehydes is 1. The lowest BCUT2D eigenvalue weighted by molar-refractivity contribution is 0.112. The van der Waals surface area contributed by atoms with Crippen molar-refractivity contribution in [1.82, 2.24) is 14.8 Å². The zero-order chi connectivity index (χ0) is 15.0. The maximum atomic E-state index is 11.3. The van der Waals surface area contributed by atoms with Crippen LogP contribution in [0.1, 0.15) is 23.7 Å². The second kappa shape index (κ2) is 4.93. The van der Waals surface area contributed by atoms with E-state index in [9.17, 15) is 9.59 Å². The third-order valence-electron chi connectivity index (χ3n) is 3.28. The quantitative estimate of drug-likeness (QED) is 0.711. The van der Waals surface area contributed by atoms with Crippen molar-refractivity contribution >= 4 is 23.2 Å². The van der Waals surface area contributed by atoms with Crippen LogP contribution in [0.15, 0.2) is 27.4 Å². The molecule has 3 N–H and O–H groups in total. The number of carbonyl (C=O) groups is 1. The Hall–Kier alpha value is -2.83. The largest absolute Gasteiger partial charge is 0.417 e. The van der Waals surface area contributed by atoms with Crippen molar-refractivity contribution in [2.45, 2.75) is 19.9 Å². The summed E-state index contributed by atoms with van der Waals surface area (Å²) in [4.78, 5) is 25.0. The van der Waals surface area contributed by atoms with Crippen LogP contribution in [0.5, 0.6) is 0 Å². The predicted octanol–water partition coefficient (Wildman–Crippen LogP) is 1.79. The number of oxazole rings is 1. The van der Waals surface area contributed by atoms with E-state index < -0.39 is 5.76 Å². The monoisotopic (exact) mass is 286 g/mol. The molecular formula is C14H14N4O3. The van der Waals surface area contributed by atoms with Crippen molar-refractivity contribution in [2.24, 2.45) is 0 Å². The van der Waals surface area contributed by atoms with E-state index in [0.717, 1.165) is 6.42 Å². The number of nitrogen functional groups attached to an aromatic ring is 1. The van der Waals surface area contributed by atoms with Gasteiger partial charge in [-0.05, 0) is 18.6 Å². The van der Waals surface area contributed by atoms with E-state index in [0.29, 0.717) is 46.6 Å². The molecule has 2 aromatic heterocycles. The van der Waals surface area contributed by atoms with Gasteiger partial charge in [0.2, 0.25) is 0 Å². The van der Waals surface area contributed by atoms with E-state index in [1.54, 1.807) is 22.9 Å². The van der Waals surface area contributed by atoms with Crippen LogP contribution in [-0.2, 0) is 6.54 Å².